The molecule has 0 saturated carbocycles. The maximum absolute atomic E-state index is 11.6. The van der Waals surface area contributed by atoms with Crippen molar-refractivity contribution in [1.29, 1.82) is 0 Å². The molecule has 2 aromatic rings. The molecule has 0 atom stereocenters. The first-order valence-corrected chi connectivity index (χ1v) is 5.61. The summed E-state index contributed by atoms with van der Waals surface area (Å²) in [5.74, 6) is 0.764. The molecule has 3 rings (SSSR count). The van der Waals surface area contributed by atoms with Gasteiger partial charge in [-0.15, -0.1) is 0 Å². The van der Waals surface area contributed by atoms with Gasteiger partial charge in [0.25, 0.3) is 0 Å². The summed E-state index contributed by atoms with van der Waals surface area (Å²) in [5, 5.41) is 0. The third kappa shape index (κ3) is 1.72. The van der Waals surface area contributed by atoms with Gasteiger partial charge < -0.3 is 4.74 Å². The number of hydrogen-bond donors (Lipinski definition) is 0. The Hall–Kier alpha value is -2.09. The van der Waals surface area contributed by atoms with Crippen LogP contribution in [0.2, 0.25) is 0 Å². The van der Waals surface area contributed by atoms with Gasteiger partial charge in [0.05, 0.1) is 5.56 Å². The van der Waals surface area contributed by atoms with Crippen LogP contribution in [-0.4, -0.2) is 12.4 Å². The lowest BCUT2D eigenvalue weighted by molar-refractivity contribution is 0.0961. The third-order valence-electron chi connectivity index (χ3n) is 3.02. The number of ether oxygens (including phenoxy) is 1. The highest BCUT2D eigenvalue weighted by atomic mass is 16.5. The molecule has 0 aliphatic carbocycles. The van der Waals surface area contributed by atoms with Crippen molar-refractivity contribution in [3.63, 3.8) is 0 Å². The predicted molar refractivity (Wildman–Crippen MR) is 66.4 cm³/mol. The van der Waals surface area contributed by atoms with E-state index in [0.717, 1.165) is 11.1 Å². The van der Waals surface area contributed by atoms with Crippen molar-refractivity contribution in [2.24, 2.45) is 0 Å². The largest absolute Gasteiger partial charge is 0.485 e. The van der Waals surface area contributed by atoms with Crippen molar-refractivity contribution in [2.45, 2.75) is 6.92 Å². The average molecular weight is 224 g/mol. The van der Waals surface area contributed by atoms with Crippen LogP contribution < -0.4 is 4.74 Å². The molecule has 2 nitrogen and oxygen atoms in total. The van der Waals surface area contributed by atoms with Crippen molar-refractivity contribution < 1.29 is 9.53 Å². The second-order valence-electron chi connectivity index (χ2n) is 4.29. The highest BCUT2D eigenvalue weighted by molar-refractivity contribution is 6.03. The number of rotatable bonds is 1. The van der Waals surface area contributed by atoms with Crippen molar-refractivity contribution in [3.05, 3.63) is 53.6 Å². The predicted octanol–water partition coefficient (Wildman–Crippen LogP) is 3.24. The SMILES string of the molecule is Cc1ccc(-c2ccc3c(c2)C(=O)CO3)cc1. The monoisotopic (exact) mass is 224 g/mol. The zero-order chi connectivity index (χ0) is 11.8. The maximum atomic E-state index is 11.6. The van der Waals surface area contributed by atoms with Crippen LogP contribution >= 0.6 is 0 Å². The molecule has 2 heteroatoms. The lowest BCUT2D eigenvalue weighted by atomic mass is 10.0. The van der Waals surface area contributed by atoms with Gasteiger partial charge in [-0.3, -0.25) is 4.79 Å². The fourth-order valence-corrected chi connectivity index (χ4v) is 2.02. The van der Waals surface area contributed by atoms with Crippen LogP contribution in [0.3, 0.4) is 0 Å². The Morgan fingerprint density at radius 2 is 1.71 bits per heavy atom. The molecule has 1 heterocycles. The van der Waals surface area contributed by atoms with Crippen molar-refractivity contribution in [2.75, 3.05) is 6.61 Å². The minimum atomic E-state index is 0.0639. The van der Waals surface area contributed by atoms with E-state index in [2.05, 4.69) is 31.2 Å². The van der Waals surface area contributed by atoms with Gasteiger partial charge in [-0.2, -0.15) is 0 Å². The van der Waals surface area contributed by atoms with Crippen molar-refractivity contribution >= 4 is 5.78 Å². The van der Waals surface area contributed by atoms with Crippen LogP contribution in [0.1, 0.15) is 15.9 Å². The smallest absolute Gasteiger partial charge is 0.203 e. The van der Waals surface area contributed by atoms with E-state index >= 15 is 0 Å². The van der Waals surface area contributed by atoms with E-state index in [1.165, 1.54) is 5.56 Å². The Kier molecular flexibility index (Phi) is 2.22. The molecular weight excluding hydrogens is 212 g/mol. The highest BCUT2D eigenvalue weighted by Gasteiger charge is 2.21. The number of Topliss-reactive ketones (excluding diaryl/α,β-unsaturated/α-hetero) is 1. The Morgan fingerprint density at radius 1 is 1.00 bits per heavy atom. The van der Waals surface area contributed by atoms with Gasteiger partial charge in [0.2, 0.25) is 5.78 Å². The van der Waals surface area contributed by atoms with E-state index in [9.17, 15) is 4.79 Å². The van der Waals surface area contributed by atoms with Crippen LogP contribution in [0.25, 0.3) is 11.1 Å². The number of hydrogen-bond acceptors (Lipinski definition) is 2. The number of ketones is 1. The fraction of sp³-hybridized carbons (Fsp3) is 0.133. The zero-order valence-electron chi connectivity index (χ0n) is 9.57. The molecule has 0 unspecified atom stereocenters. The molecule has 1 aliphatic heterocycles. The van der Waals surface area contributed by atoms with E-state index in [1.807, 2.05) is 18.2 Å². The molecule has 17 heavy (non-hydrogen) atoms. The molecule has 2 aromatic carbocycles. The topological polar surface area (TPSA) is 26.3 Å². The maximum Gasteiger partial charge on any atom is 0.203 e. The van der Waals surface area contributed by atoms with E-state index in [0.29, 0.717) is 11.3 Å². The van der Waals surface area contributed by atoms with Gasteiger partial charge in [0, 0.05) is 0 Å². The molecule has 0 amide bonds. The Labute approximate surface area is 99.9 Å². The van der Waals surface area contributed by atoms with Crippen LogP contribution in [-0.2, 0) is 0 Å². The van der Waals surface area contributed by atoms with Crippen LogP contribution in [0, 0.1) is 6.92 Å². The summed E-state index contributed by atoms with van der Waals surface area (Å²) in [5.41, 5.74) is 4.11. The Bertz CT molecular complexity index is 582. The lowest BCUT2D eigenvalue weighted by Gasteiger charge is -2.04. The summed E-state index contributed by atoms with van der Waals surface area (Å²) in [4.78, 5) is 11.6. The molecule has 0 fully saturated rings. The summed E-state index contributed by atoms with van der Waals surface area (Å²) in [6, 6.07) is 14.0. The second kappa shape index (κ2) is 3.74. The van der Waals surface area contributed by atoms with Gasteiger partial charge in [0.1, 0.15) is 5.75 Å². The molecule has 0 bridgehead atoms. The molecule has 0 saturated heterocycles. The summed E-state index contributed by atoms with van der Waals surface area (Å²) in [6.45, 7) is 2.23. The summed E-state index contributed by atoms with van der Waals surface area (Å²) >= 11 is 0. The molecule has 0 spiro atoms. The van der Waals surface area contributed by atoms with E-state index < -0.39 is 0 Å². The number of fused-ring (bicyclic) bond motifs is 1. The molecule has 84 valence electrons. The molecule has 0 radical (unpaired) electrons. The summed E-state index contributed by atoms with van der Waals surface area (Å²) in [7, 11) is 0. The Morgan fingerprint density at radius 3 is 2.47 bits per heavy atom. The van der Waals surface area contributed by atoms with Gasteiger partial charge in [-0.05, 0) is 30.2 Å². The quantitative estimate of drug-likeness (QED) is 0.743. The van der Waals surface area contributed by atoms with Gasteiger partial charge >= 0.3 is 0 Å². The first kappa shape index (κ1) is 10.1. The molecule has 0 N–H and O–H groups in total. The fourth-order valence-electron chi connectivity index (χ4n) is 2.02. The minimum absolute atomic E-state index is 0.0639. The first-order chi connectivity index (χ1) is 8.24. The van der Waals surface area contributed by atoms with Gasteiger partial charge in [0.15, 0.2) is 6.61 Å². The summed E-state index contributed by atoms with van der Waals surface area (Å²) in [6.07, 6.45) is 0. The van der Waals surface area contributed by atoms with Crippen LogP contribution in [0.4, 0.5) is 0 Å². The Balaban J connectivity index is 2.08. The lowest BCUT2D eigenvalue weighted by Crippen LogP contribution is -1.98. The van der Waals surface area contributed by atoms with Crippen molar-refractivity contribution in [3.8, 4) is 16.9 Å². The standard InChI is InChI=1S/C15H12O2/c1-10-2-4-11(5-3-10)12-6-7-15-13(8-12)14(16)9-17-15/h2-8H,9H2,1H3. The highest BCUT2D eigenvalue weighted by Crippen LogP contribution is 2.30. The second-order valence-corrected chi connectivity index (χ2v) is 4.29. The van der Waals surface area contributed by atoms with E-state index in [-0.39, 0.29) is 12.4 Å². The van der Waals surface area contributed by atoms with Crippen LogP contribution in [0.15, 0.2) is 42.5 Å². The molecule has 0 aromatic heterocycles. The van der Waals surface area contributed by atoms with Gasteiger partial charge in [-0.1, -0.05) is 35.9 Å². The third-order valence-corrected chi connectivity index (χ3v) is 3.02. The van der Waals surface area contributed by atoms with Gasteiger partial charge in [-0.25, -0.2) is 0 Å². The number of aryl methyl sites for hydroxylation is 1. The van der Waals surface area contributed by atoms with Crippen LogP contribution in [0.5, 0.6) is 5.75 Å². The normalized spacial score (nSPS) is 13.4. The number of carbonyl (C=O) groups is 1. The number of benzene rings is 2. The number of carbonyl (C=O) groups excluding carboxylic acids is 1. The molecular formula is C15H12O2. The molecule has 1 aliphatic rings. The first-order valence-electron chi connectivity index (χ1n) is 5.61. The minimum Gasteiger partial charge on any atom is -0.485 e. The zero-order valence-corrected chi connectivity index (χ0v) is 9.57. The summed E-state index contributed by atoms with van der Waals surface area (Å²) < 4.78 is 5.27. The average Bonchev–Trinajstić information content (AvgIpc) is 2.72. The van der Waals surface area contributed by atoms with E-state index in [1.54, 1.807) is 0 Å². The van der Waals surface area contributed by atoms with Crippen molar-refractivity contribution in [1.82, 2.24) is 0 Å². The van der Waals surface area contributed by atoms with E-state index in [4.69, 9.17) is 4.74 Å².